The van der Waals surface area contributed by atoms with Crippen LogP contribution in [0, 0.1) is 0 Å². The summed E-state index contributed by atoms with van der Waals surface area (Å²) >= 11 is 0. The molecule has 3 rings (SSSR count). The summed E-state index contributed by atoms with van der Waals surface area (Å²) in [5, 5.41) is 4.41. The molecular weight excluding hydrogens is 274 g/mol. The van der Waals surface area contributed by atoms with Gasteiger partial charge in [0.05, 0.1) is 11.1 Å². The van der Waals surface area contributed by atoms with Crippen molar-refractivity contribution in [2.45, 2.75) is 13.0 Å². The highest BCUT2D eigenvalue weighted by atomic mass is 16.7. The number of carbonyl (C=O) groups is 3. The minimum atomic E-state index is -0.746. The number of hydrogen-bond acceptors (Lipinski definition) is 5. The highest BCUT2D eigenvalue weighted by Gasteiger charge is 2.39. The van der Waals surface area contributed by atoms with Gasteiger partial charge in [0.25, 0.3) is 11.8 Å². The maximum Gasteiger partial charge on any atom is 0.357 e. The van der Waals surface area contributed by atoms with E-state index in [1.165, 1.54) is 23.0 Å². The fourth-order valence-corrected chi connectivity index (χ4v) is 2.03. The first-order chi connectivity index (χ1) is 10.1. The van der Waals surface area contributed by atoms with Crippen LogP contribution >= 0.6 is 0 Å². The van der Waals surface area contributed by atoms with Crippen molar-refractivity contribution < 1.29 is 19.2 Å². The van der Waals surface area contributed by atoms with E-state index in [4.69, 9.17) is 4.84 Å². The number of imide groups is 1. The molecular formula is C14H11N3O4. The van der Waals surface area contributed by atoms with E-state index in [1.807, 2.05) is 0 Å². The van der Waals surface area contributed by atoms with Crippen LogP contribution in [-0.4, -0.2) is 32.6 Å². The van der Waals surface area contributed by atoms with Gasteiger partial charge in [-0.25, -0.2) is 4.79 Å². The largest absolute Gasteiger partial charge is 0.357 e. The van der Waals surface area contributed by atoms with Crippen LogP contribution in [-0.2, 0) is 9.63 Å². The van der Waals surface area contributed by atoms with Gasteiger partial charge in [-0.1, -0.05) is 17.2 Å². The fourth-order valence-electron chi connectivity index (χ4n) is 2.03. The van der Waals surface area contributed by atoms with E-state index < -0.39 is 23.8 Å². The van der Waals surface area contributed by atoms with Gasteiger partial charge in [-0.05, 0) is 25.1 Å². The quantitative estimate of drug-likeness (QED) is 0.791. The fraction of sp³-hybridized carbons (Fsp3) is 0.143. The molecule has 21 heavy (non-hydrogen) atoms. The molecule has 0 fully saturated rings. The van der Waals surface area contributed by atoms with Crippen molar-refractivity contribution in [3.63, 3.8) is 0 Å². The molecule has 0 saturated heterocycles. The molecule has 1 atom stereocenters. The van der Waals surface area contributed by atoms with Crippen molar-refractivity contribution >= 4 is 17.8 Å². The Labute approximate surface area is 119 Å². The molecule has 0 bridgehead atoms. The predicted octanol–water partition coefficient (Wildman–Crippen LogP) is 1.20. The number of carbonyl (C=O) groups excluding carboxylic acids is 3. The molecule has 2 amide bonds. The van der Waals surface area contributed by atoms with Crippen molar-refractivity contribution in [1.29, 1.82) is 0 Å². The summed E-state index contributed by atoms with van der Waals surface area (Å²) in [5.41, 5.74) is 0.448. The predicted molar refractivity (Wildman–Crippen MR) is 70.0 cm³/mol. The zero-order valence-electron chi connectivity index (χ0n) is 11.1. The maximum atomic E-state index is 12.1. The summed E-state index contributed by atoms with van der Waals surface area (Å²) in [5.74, 6) is -2.03. The van der Waals surface area contributed by atoms with Crippen LogP contribution in [0.4, 0.5) is 0 Å². The lowest BCUT2D eigenvalue weighted by Crippen LogP contribution is -2.35. The van der Waals surface area contributed by atoms with E-state index in [9.17, 15) is 14.4 Å². The second-order valence-electron chi connectivity index (χ2n) is 4.52. The highest BCUT2D eigenvalue weighted by Crippen LogP contribution is 2.23. The molecule has 106 valence electrons. The van der Waals surface area contributed by atoms with E-state index in [0.29, 0.717) is 5.06 Å². The van der Waals surface area contributed by atoms with Gasteiger partial charge in [0, 0.05) is 12.4 Å². The third kappa shape index (κ3) is 2.08. The van der Waals surface area contributed by atoms with E-state index in [2.05, 4.69) is 5.10 Å². The molecule has 2 aromatic rings. The lowest BCUT2D eigenvalue weighted by atomic mass is 10.1. The van der Waals surface area contributed by atoms with Gasteiger partial charge in [0.15, 0.2) is 0 Å². The number of aromatic nitrogens is 2. The number of nitrogens with zero attached hydrogens (tertiary/aromatic N) is 3. The first kappa shape index (κ1) is 13.0. The van der Waals surface area contributed by atoms with E-state index in [-0.39, 0.29) is 11.1 Å². The van der Waals surface area contributed by atoms with Crippen molar-refractivity contribution in [2.24, 2.45) is 0 Å². The van der Waals surface area contributed by atoms with Crippen molar-refractivity contribution in [3.05, 3.63) is 53.9 Å². The number of hydroxylamine groups is 2. The van der Waals surface area contributed by atoms with Crippen LogP contribution in [0.25, 0.3) is 0 Å². The molecule has 0 N–H and O–H groups in total. The van der Waals surface area contributed by atoms with Crippen LogP contribution in [0.3, 0.4) is 0 Å². The van der Waals surface area contributed by atoms with Crippen LogP contribution < -0.4 is 0 Å². The highest BCUT2D eigenvalue weighted by molar-refractivity contribution is 6.20. The van der Waals surface area contributed by atoms with Gasteiger partial charge in [0.1, 0.15) is 6.04 Å². The zero-order valence-corrected chi connectivity index (χ0v) is 11.1. The van der Waals surface area contributed by atoms with Gasteiger partial charge in [-0.15, -0.1) is 0 Å². The number of hydrogen-bond donors (Lipinski definition) is 0. The summed E-state index contributed by atoms with van der Waals surface area (Å²) in [6.45, 7) is 1.56. The zero-order chi connectivity index (χ0) is 15.0. The normalized spacial score (nSPS) is 15.0. The molecule has 0 spiro atoms. The summed E-state index contributed by atoms with van der Waals surface area (Å²) in [4.78, 5) is 41.1. The Morgan fingerprint density at radius 3 is 2.29 bits per heavy atom. The first-order valence-corrected chi connectivity index (χ1v) is 6.28. The Morgan fingerprint density at radius 2 is 1.76 bits per heavy atom. The van der Waals surface area contributed by atoms with Crippen LogP contribution in [0.1, 0.15) is 33.7 Å². The third-order valence-electron chi connectivity index (χ3n) is 3.20. The second-order valence-corrected chi connectivity index (χ2v) is 4.52. The number of rotatable bonds is 3. The molecule has 2 heterocycles. The lowest BCUT2D eigenvalue weighted by molar-refractivity contribution is -0.172. The maximum absolute atomic E-state index is 12.1. The summed E-state index contributed by atoms with van der Waals surface area (Å²) in [6, 6.07) is 7.22. The molecule has 0 radical (unpaired) electrons. The van der Waals surface area contributed by atoms with Crippen molar-refractivity contribution in [3.8, 4) is 0 Å². The SMILES string of the molecule is CC(C(=O)ON1C(=O)c2ccccc2C1=O)n1cccn1. The first-order valence-electron chi connectivity index (χ1n) is 6.28. The standard InChI is InChI=1S/C14H11N3O4/c1-9(16-8-4-7-15-16)14(20)21-17-12(18)10-5-2-3-6-11(10)13(17)19/h2-9H,1H3. The second kappa shape index (κ2) is 4.86. The molecule has 1 aromatic heterocycles. The van der Waals surface area contributed by atoms with Crippen molar-refractivity contribution in [2.75, 3.05) is 0 Å². The molecule has 1 unspecified atom stereocenters. The van der Waals surface area contributed by atoms with Gasteiger partial charge in [0.2, 0.25) is 0 Å². The van der Waals surface area contributed by atoms with Crippen LogP contribution in [0.2, 0.25) is 0 Å². The summed E-state index contributed by atoms with van der Waals surface area (Å²) in [7, 11) is 0. The molecule has 0 saturated carbocycles. The summed E-state index contributed by atoms with van der Waals surface area (Å²) in [6.07, 6.45) is 3.11. The smallest absolute Gasteiger partial charge is 0.327 e. The number of amides is 2. The Hall–Kier alpha value is -2.96. The van der Waals surface area contributed by atoms with Gasteiger partial charge in [-0.3, -0.25) is 14.3 Å². The third-order valence-corrected chi connectivity index (χ3v) is 3.20. The average molecular weight is 285 g/mol. The van der Waals surface area contributed by atoms with E-state index in [1.54, 1.807) is 31.3 Å². The molecule has 7 heteroatoms. The Kier molecular flexibility index (Phi) is 3.02. The van der Waals surface area contributed by atoms with E-state index in [0.717, 1.165) is 0 Å². The lowest BCUT2D eigenvalue weighted by Gasteiger charge is -2.16. The van der Waals surface area contributed by atoms with Gasteiger partial charge in [-0.2, -0.15) is 5.10 Å². The minimum absolute atomic E-state index is 0.224. The average Bonchev–Trinajstić information content (AvgIpc) is 3.11. The monoisotopic (exact) mass is 285 g/mol. The topological polar surface area (TPSA) is 81.5 Å². The van der Waals surface area contributed by atoms with Crippen LogP contribution in [0.15, 0.2) is 42.7 Å². The Morgan fingerprint density at radius 1 is 1.14 bits per heavy atom. The van der Waals surface area contributed by atoms with Gasteiger partial charge < -0.3 is 4.84 Å². The Balaban J connectivity index is 1.79. The van der Waals surface area contributed by atoms with Crippen molar-refractivity contribution in [1.82, 2.24) is 14.8 Å². The Bertz CT molecular complexity index is 689. The number of fused-ring (bicyclic) bond motifs is 1. The molecule has 0 aliphatic carbocycles. The van der Waals surface area contributed by atoms with E-state index >= 15 is 0 Å². The summed E-state index contributed by atoms with van der Waals surface area (Å²) < 4.78 is 1.38. The molecule has 1 aliphatic heterocycles. The van der Waals surface area contributed by atoms with Gasteiger partial charge >= 0.3 is 5.97 Å². The minimum Gasteiger partial charge on any atom is -0.327 e. The van der Waals surface area contributed by atoms with Crippen LogP contribution in [0.5, 0.6) is 0 Å². The molecule has 1 aromatic carbocycles. The molecule has 1 aliphatic rings. The molecule has 7 nitrogen and oxygen atoms in total. The number of benzene rings is 1.